The van der Waals surface area contributed by atoms with E-state index in [0.29, 0.717) is 32.5 Å². The number of rotatable bonds is 4. The van der Waals surface area contributed by atoms with E-state index in [1.807, 2.05) is 0 Å². The highest BCUT2D eigenvalue weighted by Gasteiger charge is 2.40. The molecule has 0 aliphatic carbocycles. The van der Waals surface area contributed by atoms with Crippen molar-refractivity contribution in [3.63, 3.8) is 0 Å². The van der Waals surface area contributed by atoms with E-state index in [-0.39, 0.29) is 12.0 Å². The average molecular weight is 285 g/mol. The second-order valence-corrected chi connectivity index (χ2v) is 5.00. The Kier molecular flexibility index (Phi) is 4.56. The second kappa shape index (κ2) is 6.19. The highest BCUT2D eigenvalue weighted by atomic mass is 16.5. The molecule has 0 aromatic carbocycles. The van der Waals surface area contributed by atoms with Gasteiger partial charge >= 0.3 is 5.97 Å². The van der Waals surface area contributed by atoms with Crippen LogP contribution in [0.4, 0.5) is 0 Å². The number of hydrogen-bond donors (Lipinski definition) is 3. The summed E-state index contributed by atoms with van der Waals surface area (Å²) < 4.78 is 5.52. The van der Waals surface area contributed by atoms with Gasteiger partial charge in [0.05, 0.1) is 12.5 Å². The summed E-state index contributed by atoms with van der Waals surface area (Å²) in [6, 6.07) is -0.964. The van der Waals surface area contributed by atoms with Gasteiger partial charge in [0.25, 0.3) is 5.91 Å². The Balaban J connectivity index is 2.06. The van der Waals surface area contributed by atoms with Crippen LogP contribution in [0.3, 0.4) is 0 Å². The standard InChI is InChI=1S/C12H19N3O5/c13-6-7-1-2-9(20-7)12(19)15-4-3-14-11(18)8(15)5-10(16)17/h7-9H,1-6,13H2,(H,14,18)(H,16,17). The van der Waals surface area contributed by atoms with Crippen molar-refractivity contribution in [2.75, 3.05) is 19.6 Å². The van der Waals surface area contributed by atoms with Crippen LogP contribution in [0.1, 0.15) is 19.3 Å². The number of ether oxygens (including phenoxy) is 1. The number of amides is 2. The van der Waals surface area contributed by atoms with Crippen LogP contribution in [0.2, 0.25) is 0 Å². The van der Waals surface area contributed by atoms with Gasteiger partial charge in [-0.2, -0.15) is 0 Å². The van der Waals surface area contributed by atoms with E-state index in [1.54, 1.807) is 0 Å². The summed E-state index contributed by atoms with van der Waals surface area (Å²) in [6.45, 7) is 0.978. The minimum atomic E-state index is -1.11. The molecule has 0 spiro atoms. The van der Waals surface area contributed by atoms with Gasteiger partial charge in [-0.25, -0.2) is 0 Å². The predicted octanol–water partition coefficient (Wildman–Crippen LogP) is -1.71. The molecule has 112 valence electrons. The fraction of sp³-hybridized carbons (Fsp3) is 0.750. The van der Waals surface area contributed by atoms with Crippen LogP contribution in [0.5, 0.6) is 0 Å². The number of piperazine rings is 1. The molecule has 2 rings (SSSR count). The topological polar surface area (TPSA) is 122 Å². The van der Waals surface area contributed by atoms with Gasteiger partial charge in [-0.15, -0.1) is 0 Å². The minimum absolute atomic E-state index is 0.138. The molecule has 3 atom stereocenters. The molecule has 2 heterocycles. The maximum Gasteiger partial charge on any atom is 0.305 e. The molecule has 0 radical (unpaired) electrons. The summed E-state index contributed by atoms with van der Waals surface area (Å²) in [6.07, 6.45) is 0.103. The van der Waals surface area contributed by atoms with Crippen LogP contribution < -0.4 is 11.1 Å². The summed E-state index contributed by atoms with van der Waals surface area (Å²) in [5.41, 5.74) is 5.50. The van der Waals surface area contributed by atoms with E-state index in [0.717, 1.165) is 0 Å². The van der Waals surface area contributed by atoms with E-state index in [4.69, 9.17) is 15.6 Å². The van der Waals surface area contributed by atoms with Gasteiger partial charge in [0, 0.05) is 19.6 Å². The normalized spacial score (nSPS) is 30.1. The number of carboxylic acids is 1. The Morgan fingerprint density at radius 1 is 1.45 bits per heavy atom. The molecular formula is C12H19N3O5. The van der Waals surface area contributed by atoms with Crippen LogP contribution in [-0.2, 0) is 19.1 Å². The van der Waals surface area contributed by atoms with Gasteiger partial charge in [0.15, 0.2) is 0 Å². The first-order valence-corrected chi connectivity index (χ1v) is 6.68. The summed E-state index contributed by atoms with van der Waals surface area (Å²) >= 11 is 0. The first kappa shape index (κ1) is 14.7. The van der Waals surface area contributed by atoms with E-state index < -0.39 is 30.4 Å². The molecule has 8 nitrogen and oxygen atoms in total. The van der Waals surface area contributed by atoms with Crippen LogP contribution in [0.25, 0.3) is 0 Å². The first-order valence-electron chi connectivity index (χ1n) is 6.68. The zero-order valence-electron chi connectivity index (χ0n) is 11.1. The second-order valence-electron chi connectivity index (χ2n) is 5.00. The lowest BCUT2D eigenvalue weighted by Gasteiger charge is -2.35. The van der Waals surface area contributed by atoms with E-state index in [9.17, 15) is 14.4 Å². The predicted molar refractivity (Wildman–Crippen MR) is 67.7 cm³/mol. The van der Waals surface area contributed by atoms with Crippen molar-refractivity contribution in [3.8, 4) is 0 Å². The lowest BCUT2D eigenvalue weighted by Crippen LogP contribution is -2.59. The molecule has 2 amide bonds. The van der Waals surface area contributed by atoms with Gasteiger partial charge in [0.2, 0.25) is 5.91 Å². The van der Waals surface area contributed by atoms with Gasteiger partial charge in [-0.1, -0.05) is 0 Å². The smallest absolute Gasteiger partial charge is 0.305 e. The summed E-state index contributed by atoms with van der Waals surface area (Å²) in [5.74, 6) is -1.86. The minimum Gasteiger partial charge on any atom is -0.481 e. The molecule has 0 aromatic heterocycles. The van der Waals surface area contributed by atoms with Gasteiger partial charge in [-0.3, -0.25) is 14.4 Å². The molecule has 2 fully saturated rings. The van der Waals surface area contributed by atoms with Crippen LogP contribution in [0.15, 0.2) is 0 Å². The van der Waals surface area contributed by atoms with Crippen molar-refractivity contribution < 1.29 is 24.2 Å². The Hall–Kier alpha value is -1.67. The van der Waals surface area contributed by atoms with Gasteiger partial charge in [-0.05, 0) is 12.8 Å². The molecular weight excluding hydrogens is 266 g/mol. The Morgan fingerprint density at radius 3 is 2.80 bits per heavy atom. The quantitative estimate of drug-likeness (QED) is 0.565. The Bertz CT molecular complexity index is 414. The summed E-state index contributed by atoms with van der Waals surface area (Å²) in [4.78, 5) is 36.3. The lowest BCUT2D eigenvalue weighted by molar-refractivity contribution is -0.154. The van der Waals surface area contributed by atoms with E-state index >= 15 is 0 Å². The number of carbonyl (C=O) groups excluding carboxylic acids is 2. The SMILES string of the molecule is NCC1CCC(C(=O)N2CCNC(=O)C2CC(=O)O)O1. The number of aliphatic carboxylic acids is 1. The van der Waals surface area contributed by atoms with E-state index in [2.05, 4.69) is 5.32 Å². The van der Waals surface area contributed by atoms with Crippen molar-refractivity contribution >= 4 is 17.8 Å². The van der Waals surface area contributed by atoms with Crippen LogP contribution in [0, 0.1) is 0 Å². The monoisotopic (exact) mass is 285 g/mol. The highest BCUT2D eigenvalue weighted by Crippen LogP contribution is 2.22. The third-order valence-electron chi connectivity index (χ3n) is 3.63. The largest absolute Gasteiger partial charge is 0.481 e. The van der Waals surface area contributed by atoms with Crippen molar-refractivity contribution in [2.45, 2.75) is 37.5 Å². The zero-order chi connectivity index (χ0) is 14.7. The fourth-order valence-electron chi connectivity index (χ4n) is 2.59. The average Bonchev–Trinajstić information content (AvgIpc) is 2.88. The Morgan fingerprint density at radius 2 is 2.20 bits per heavy atom. The van der Waals surface area contributed by atoms with Crippen molar-refractivity contribution in [2.24, 2.45) is 5.73 Å². The molecule has 2 saturated heterocycles. The number of carboxylic acid groups (broad SMARTS) is 1. The van der Waals surface area contributed by atoms with Crippen LogP contribution in [-0.4, -0.2) is 65.7 Å². The van der Waals surface area contributed by atoms with Crippen molar-refractivity contribution in [1.82, 2.24) is 10.2 Å². The number of carbonyl (C=O) groups is 3. The molecule has 8 heteroatoms. The van der Waals surface area contributed by atoms with Gasteiger partial charge < -0.3 is 25.8 Å². The molecule has 3 unspecified atom stereocenters. The first-order chi connectivity index (χ1) is 9.52. The van der Waals surface area contributed by atoms with Crippen molar-refractivity contribution in [1.29, 1.82) is 0 Å². The molecule has 4 N–H and O–H groups in total. The molecule has 0 aromatic rings. The number of nitrogens with two attached hydrogens (primary N) is 1. The molecule has 0 saturated carbocycles. The molecule has 0 bridgehead atoms. The molecule has 2 aliphatic heterocycles. The molecule has 2 aliphatic rings. The number of nitrogens with one attached hydrogen (secondary N) is 1. The zero-order valence-corrected chi connectivity index (χ0v) is 11.1. The lowest BCUT2D eigenvalue weighted by atomic mass is 10.1. The molecule has 20 heavy (non-hydrogen) atoms. The van der Waals surface area contributed by atoms with Gasteiger partial charge in [0.1, 0.15) is 12.1 Å². The number of hydrogen-bond acceptors (Lipinski definition) is 5. The highest BCUT2D eigenvalue weighted by molar-refractivity contribution is 5.93. The van der Waals surface area contributed by atoms with E-state index in [1.165, 1.54) is 4.90 Å². The third kappa shape index (κ3) is 3.07. The number of nitrogens with zero attached hydrogens (tertiary/aromatic N) is 1. The Labute approximate surface area is 116 Å². The summed E-state index contributed by atoms with van der Waals surface area (Å²) in [5, 5.41) is 11.4. The summed E-state index contributed by atoms with van der Waals surface area (Å²) in [7, 11) is 0. The maximum absolute atomic E-state index is 12.4. The van der Waals surface area contributed by atoms with Crippen molar-refractivity contribution in [3.05, 3.63) is 0 Å². The van der Waals surface area contributed by atoms with Crippen LogP contribution >= 0.6 is 0 Å². The third-order valence-corrected chi connectivity index (χ3v) is 3.63. The fourth-order valence-corrected chi connectivity index (χ4v) is 2.59. The maximum atomic E-state index is 12.4.